The number of carbonyl (C=O) groups excluding carboxylic acids is 1. The molecule has 0 bridgehead atoms. The predicted molar refractivity (Wildman–Crippen MR) is 110 cm³/mol. The summed E-state index contributed by atoms with van der Waals surface area (Å²) >= 11 is 0. The Morgan fingerprint density at radius 2 is 1.63 bits per heavy atom. The average molecular weight is 416 g/mol. The Bertz CT molecular complexity index is 873. The summed E-state index contributed by atoms with van der Waals surface area (Å²) in [6.45, 7) is 3.65. The number of benzene rings is 2. The fourth-order valence-electron chi connectivity index (χ4n) is 4.37. The molecule has 1 saturated heterocycles. The van der Waals surface area contributed by atoms with E-state index in [0.717, 1.165) is 31.3 Å². The van der Waals surface area contributed by atoms with Crippen LogP contribution in [0.3, 0.4) is 0 Å². The monoisotopic (exact) mass is 416 g/mol. The minimum Gasteiger partial charge on any atom is -0.352 e. The first kappa shape index (κ1) is 20.9. The molecule has 2 unspecified atom stereocenters. The topological polar surface area (TPSA) is 32.3 Å². The molecule has 0 aromatic heterocycles. The second kappa shape index (κ2) is 8.80. The average Bonchev–Trinajstić information content (AvgIpc) is 3.54. The highest BCUT2D eigenvalue weighted by molar-refractivity contribution is 5.83. The number of hydrogen-bond acceptors (Lipinski definition) is 2. The molecule has 6 heteroatoms. The first-order valence-electron chi connectivity index (χ1n) is 10.7. The molecular formula is C24H27F3N2O. The number of nitrogens with zero attached hydrogens (tertiary/aromatic N) is 1. The van der Waals surface area contributed by atoms with Crippen LogP contribution in [0.25, 0.3) is 0 Å². The maximum absolute atomic E-state index is 13.2. The third-order valence-electron chi connectivity index (χ3n) is 6.14. The second-order valence-corrected chi connectivity index (χ2v) is 8.40. The van der Waals surface area contributed by atoms with Crippen molar-refractivity contribution in [3.05, 3.63) is 70.8 Å². The minimum absolute atomic E-state index is 0.172. The van der Waals surface area contributed by atoms with Gasteiger partial charge in [0, 0.05) is 19.0 Å². The van der Waals surface area contributed by atoms with E-state index in [2.05, 4.69) is 22.3 Å². The molecule has 1 aliphatic heterocycles. The van der Waals surface area contributed by atoms with Crippen LogP contribution in [0.5, 0.6) is 0 Å². The van der Waals surface area contributed by atoms with Crippen LogP contribution < -0.4 is 5.32 Å². The lowest BCUT2D eigenvalue weighted by Gasteiger charge is -2.26. The zero-order chi connectivity index (χ0) is 21.1. The van der Waals surface area contributed by atoms with E-state index in [1.54, 1.807) is 6.07 Å². The Hall–Kier alpha value is -2.34. The van der Waals surface area contributed by atoms with Crippen molar-refractivity contribution >= 4 is 5.91 Å². The molecule has 2 aromatic carbocycles. The van der Waals surface area contributed by atoms with Gasteiger partial charge in [0.25, 0.3) is 0 Å². The third kappa shape index (κ3) is 5.04. The minimum atomic E-state index is -4.39. The molecule has 160 valence electrons. The van der Waals surface area contributed by atoms with Gasteiger partial charge in [-0.05, 0) is 61.0 Å². The molecule has 2 aromatic rings. The SMILES string of the molecule is O=C(NCc1ccc(CN2CCCCC2)cc1)C1CC1c1ccccc1C(F)(F)F. The molecule has 1 amide bonds. The Balaban J connectivity index is 1.29. The number of nitrogens with one attached hydrogen (secondary N) is 1. The first-order valence-corrected chi connectivity index (χ1v) is 10.7. The highest BCUT2D eigenvalue weighted by atomic mass is 19.4. The van der Waals surface area contributed by atoms with Crippen molar-refractivity contribution in [1.82, 2.24) is 10.2 Å². The molecule has 1 heterocycles. The smallest absolute Gasteiger partial charge is 0.352 e. The van der Waals surface area contributed by atoms with Crippen molar-refractivity contribution in [2.45, 2.75) is 50.9 Å². The van der Waals surface area contributed by atoms with E-state index in [1.165, 1.54) is 37.0 Å². The summed E-state index contributed by atoms with van der Waals surface area (Å²) in [5.74, 6) is -0.906. The number of carbonyl (C=O) groups is 1. The van der Waals surface area contributed by atoms with Gasteiger partial charge in [-0.3, -0.25) is 9.69 Å². The lowest BCUT2D eigenvalue weighted by molar-refractivity contribution is -0.138. The standard InChI is InChI=1S/C24H27F3N2O/c25-24(26,27)22-7-3-2-6-19(22)20-14-21(20)23(30)28-15-17-8-10-18(11-9-17)16-29-12-4-1-5-13-29/h2-3,6-11,20-21H,1,4-5,12-16H2,(H,28,30). The molecule has 0 radical (unpaired) electrons. The van der Waals surface area contributed by atoms with E-state index in [9.17, 15) is 18.0 Å². The largest absolute Gasteiger partial charge is 0.416 e. The summed E-state index contributed by atoms with van der Waals surface area (Å²) in [5, 5.41) is 2.89. The Morgan fingerprint density at radius 1 is 0.967 bits per heavy atom. The number of amides is 1. The van der Waals surface area contributed by atoms with Gasteiger partial charge in [0.1, 0.15) is 0 Å². The fourth-order valence-corrected chi connectivity index (χ4v) is 4.37. The van der Waals surface area contributed by atoms with Crippen molar-refractivity contribution in [1.29, 1.82) is 0 Å². The molecule has 4 rings (SSSR count). The summed E-state index contributed by atoms with van der Waals surface area (Å²) in [5.41, 5.74) is 1.86. The van der Waals surface area contributed by atoms with Crippen LogP contribution in [0.4, 0.5) is 13.2 Å². The van der Waals surface area contributed by atoms with Gasteiger partial charge >= 0.3 is 6.18 Å². The van der Waals surface area contributed by atoms with Crippen LogP contribution in [0.2, 0.25) is 0 Å². The quantitative estimate of drug-likeness (QED) is 0.710. The Labute approximate surface area is 175 Å². The van der Waals surface area contributed by atoms with Gasteiger partial charge in [-0.2, -0.15) is 13.2 Å². The molecule has 0 spiro atoms. The highest BCUT2D eigenvalue weighted by Gasteiger charge is 2.47. The molecular weight excluding hydrogens is 389 g/mol. The van der Waals surface area contributed by atoms with Crippen LogP contribution in [0.1, 0.15) is 53.9 Å². The Morgan fingerprint density at radius 3 is 2.33 bits per heavy atom. The van der Waals surface area contributed by atoms with E-state index in [4.69, 9.17) is 0 Å². The molecule has 1 N–H and O–H groups in total. The van der Waals surface area contributed by atoms with Crippen molar-refractivity contribution < 1.29 is 18.0 Å². The number of alkyl halides is 3. The van der Waals surface area contributed by atoms with Gasteiger partial charge < -0.3 is 5.32 Å². The van der Waals surface area contributed by atoms with E-state index in [-0.39, 0.29) is 23.3 Å². The molecule has 30 heavy (non-hydrogen) atoms. The number of hydrogen-bond donors (Lipinski definition) is 1. The predicted octanol–water partition coefficient (Wildman–Crippen LogP) is 5.11. The summed E-state index contributed by atoms with van der Waals surface area (Å²) in [4.78, 5) is 14.9. The summed E-state index contributed by atoms with van der Waals surface area (Å²) < 4.78 is 39.6. The summed E-state index contributed by atoms with van der Waals surface area (Å²) in [7, 11) is 0. The number of rotatable bonds is 6. The zero-order valence-electron chi connectivity index (χ0n) is 16.9. The van der Waals surface area contributed by atoms with E-state index >= 15 is 0 Å². The van der Waals surface area contributed by atoms with Gasteiger partial charge in [0.05, 0.1) is 5.56 Å². The third-order valence-corrected chi connectivity index (χ3v) is 6.14. The van der Waals surface area contributed by atoms with Gasteiger partial charge in [0.15, 0.2) is 0 Å². The van der Waals surface area contributed by atoms with Crippen LogP contribution >= 0.6 is 0 Å². The second-order valence-electron chi connectivity index (χ2n) is 8.40. The van der Waals surface area contributed by atoms with E-state index in [1.807, 2.05) is 12.1 Å². The van der Waals surface area contributed by atoms with Gasteiger partial charge in [-0.25, -0.2) is 0 Å². The number of piperidine rings is 1. The molecule has 2 aliphatic rings. The van der Waals surface area contributed by atoms with Crippen molar-refractivity contribution in [3.63, 3.8) is 0 Å². The number of halogens is 3. The molecule has 2 fully saturated rings. The summed E-state index contributed by atoms with van der Waals surface area (Å²) in [6.07, 6.45) is -0.0813. The van der Waals surface area contributed by atoms with Gasteiger partial charge in [-0.15, -0.1) is 0 Å². The lowest BCUT2D eigenvalue weighted by atomic mass is 10.0. The maximum Gasteiger partial charge on any atom is 0.416 e. The molecule has 1 aliphatic carbocycles. The molecule has 3 nitrogen and oxygen atoms in total. The van der Waals surface area contributed by atoms with Gasteiger partial charge in [-0.1, -0.05) is 48.9 Å². The maximum atomic E-state index is 13.2. The van der Waals surface area contributed by atoms with Crippen LogP contribution in [-0.4, -0.2) is 23.9 Å². The molecule has 1 saturated carbocycles. The lowest BCUT2D eigenvalue weighted by Crippen LogP contribution is -2.29. The zero-order valence-corrected chi connectivity index (χ0v) is 16.9. The van der Waals surface area contributed by atoms with E-state index < -0.39 is 11.7 Å². The van der Waals surface area contributed by atoms with Crippen molar-refractivity contribution in [2.75, 3.05) is 13.1 Å². The van der Waals surface area contributed by atoms with Crippen LogP contribution in [0.15, 0.2) is 48.5 Å². The van der Waals surface area contributed by atoms with Gasteiger partial charge in [0.2, 0.25) is 5.91 Å². The van der Waals surface area contributed by atoms with Crippen molar-refractivity contribution in [2.24, 2.45) is 5.92 Å². The number of likely N-dealkylation sites (tertiary alicyclic amines) is 1. The van der Waals surface area contributed by atoms with Crippen LogP contribution in [0, 0.1) is 5.92 Å². The Kier molecular flexibility index (Phi) is 6.14. The van der Waals surface area contributed by atoms with Crippen LogP contribution in [-0.2, 0) is 24.1 Å². The fraction of sp³-hybridized carbons (Fsp3) is 0.458. The molecule has 2 atom stereocenters. The highest BCUT2D eigenvalue weighted by Crippen LogP contribution is 2.51. The van der Waals surface area contributed by atoms with E-state index in [0.29, 0.717) is 13.0 Å². The normalized spacial score (nSPS) is 22.0. The van der Waals surface area contributed by atoms with Crippen molar-refractivity contribution in [3.8, 4) is 0 Å². The summed E-state index contributed by atoms with van der Waals surface area (Å²) in [6, 6.07) is 13.8. The first-order chi connectivity index (χ1) is 14.4.